The van der Waals surface area contributed by atoms with Gasteiger partial charge >= 0.3 is 0 Å². The first-order valence-corrected chi connectivity index (χ1v) is 9.63. The highest BCUT2D eigenvalue weighted by atomic mass is 16.4. The van der Waals surface area contributed by atoms with E-state index >= 15 is 0 Å². The molecule has 3 aromatic rings. The molecule has 1 aromatic heterocycles. The number of rotatable bonds is 5. The molecule has 140 valence electrons. The molecule has 4 nitrogen and oxygen atoms in total. The Labute approximate surface area is 160 Å². The van der Waals surface area contributed by atoms with E-state index < -0.39 is 0 Å². The summed E-state index contributed by atoms with van der Waals surface area (Å²) < 4.78 is 5.98. The quantitative estimate of drug-likeness (QED) is 0.737. The first-order chi connectivity index (χ1) is 13.2. The lowest BCUT2D eigenvalue weighted by Gasteiger charge is -2.37. The fraction of sp³-hybridized carbons (Fsp3) is 0.348. The van der Waals surface area contributed by atoms with Crippen LogP contribution in [0.2, 0.25) is 0 Å². The third-order valence-electron chi connectivity index (χ3n) is 5.53. The number of hydrogen-bond donors (Lipinski definition) is 1. The van der Waals surface area contributed by atoms with Crippen LogP contribution in [-0.4, -0.2) is 34.7 Å². The number of nitrogens with zero attached hydrogens (tertiary/aromatic N) is 2. The molecule has 1 aliphatic heterocycles. The number of aliphatic hydroxyl groups is 1. The van der Waals surface area contributed by atoms with Gasteiger partial charge in [-0.3, -0.25) is 4.90 Å². The molecule has 27 heavy (non-hydrogen) atoms. The number of aliphatic hydroxyl groups excluding tert-OH is 1. The van der Waals surface area contributed by atoms with Gasteiger partial charge in [-0.05, 0) is 31.4 Å². The molecular formula is C23H26N2O2. The molecule has 0 bridgehead atoms. The van der Waals surface area contributed by atoms with Crippen LogP contribution in [0.25, 0.3) is 11.3 Å². The summed E-state index contributed by atoms with van der Waals surface area (Å²) in [6, 6.07) is 18.8. The smallest absolute Gasteiger partial charge is 0.209 e. The fourth-order valence-electron chi connectivity index (χ4n) is 4.00. The number of likely N-dealkylation sites (tertiary alicyclic amines) is 1. The molecular weight excluding hydrogens is 336 g/mol. The van der Waals surface area contributed by atoms with E-state index in [2.05, 4.69) is 65.3 Å². The Bertz CT molecular complexity index is 858. The van der Waals surface area contributed by atoms with Gasteiger partial charge in [-0.2, -0.15) is 0 Å². The van der Waals surface area contributed by atoms with Crippen molar-refractivity contribution in [3.05, 3.63) is 77.8 Å². The van der Waals surface area contributed by atoms with Crippen molar-refractivity contribution in [1.29, 1.82) is 0 Å². The zero-order chi connectivity index (χ0) is 18.6. The molecule has 0 aliphatic carbocycles. The minimum absolute atomic E-state index is 0.205. The number of aryl methyl sites for hydroxylation is 1. The van der Waals surface area contributed by atoms with Crippen LogP contribution in [0.3, 0.4) is 0 Å². The zero-order valence-corrected chi connectivity index (χ0v) is 15.7. The normalized spacial score (nSPS) is 20.7. The average Bonchev–Trinajstić information content (AvgIpc) is 3.17. The second-order valence-corrected chi connectivity index (χ2v) is 7.47. The maximum Gasteiger partial charge on any atom is 0.209 e. The van der Waals surface area contributed by atoms with E-state index in [0.717, 1.165) is 36.7 Å². The van der Waals surface area contributed by atoms with Crippen LogP contribution in [0.1, 0.15) is 29.4 Å². The van der Waals surface area contributed by atoms with Crippen LogP contribution < -0.4 is 0 Å². The molecule has 0 amide bonds. The van der Waals surface area contributed by atoms with Gasteiger partial charge in [0.2, 0.25) is 5.89 Å². The molecule has 0 saturated carbocycles. The maximum absolute atomic E-state index is 9.92. The third kappa shape index (κ3) is 4.12. The number of hydrogen-bond acceptors (Lipinski definition) is 4. The number of piperidine rings is 1. The maximum atomic E-state index is 9.92. The second kappa shape index (κ2) is 8.07. The highest BCUT2D eigenvalue weighted by molar-refractivity contribution is 5.56. The van der Waals surface area contributed by atoms with E-state index in [1.54, 1.807) is 6.20 Å². The summed E-state index contributed by atoms with van der Waals surface area (Å²) in [6.07, 6.45) is 2.85. The van der Waals surface area contributed by atoms with Crippen LogP contribution in [0.4, 0.5) is 0 Å². The lowest BCUT2D eigenvalue weighted by molar-refractivity contribution is 0.0915. The lowest BCUT2D eigenvalue weighted by Crippen LogP contribution is -2.40. The summed E-state index contributed by atoms with van der Waals surface area (Å²) >= 11 is 0. The topological polar surface area (TPSA) is 49.5 Å². The predicted molar refractivity (Wildman–Crippen MR) is 106 cm³/mol. The first kappa shape index (κ1) is 18.0. The van der Waals surface area contributed by atoms with Gasteiger partial charge in [-0.15, -0.1) is 0 Å². The highest BCUT2D eigenvalue weighted by Crippen LogP contribution is 2.33. The number of aromatic nitrogens is 1. The van der Waals surface area contributed by atoms with Crippen LogP contribution in [0.5, 0.6) is 0 Å². The monoisotopic (exact) mass is 362 g/mol. The first-order valence-electron chi connectivity index (χ1n) is 9.63. The Morgan fingerprint density at radius 3 is 2.63 bits per heavy atom. The largest absolute Gasteiger partial charge is 0.439 e. The Hall–Kier alpha value is -2.43. The Morgan fingerprint density at radius 2 is 1.89 bits per heavy atom. The number of oxazole rings is 1. The van der Waals surface area contributed by atoms with E-state index in [0.29, 0.717) is 12.5 Å². The number of benzene rings is 2. The summed E-state index contributed by atoms with van der Waals surface area (Å²) in [5, 5.41) is 9.92. The third-order valence-corrected chi connectivity index (χ3v) is 5.53. The predicted octanol–water partition coefficient (Wildman–Crippen LogP) is 4.25. The van der Waals surface area contributed by atoms with Crippen molar-refractivity contribution < 1.29 is 9.52 Å². The molecule has 2 aromatic carbocycles. The minimum atomic E-state index is 0.205. The van der Waals surface area contributed by atoms with Crippen LogP contribution in [-0.2, 0) is 6.54 Å². The molecule has 0 unspecified atom stereocenters. The van der Waals surface area contributed by atoms with Crippen LogP contribution >= 0.6 is 0 Å². The van der Waals surface area contributed by atoms with Crippen molar-refractivity contribution in [2.75, 3.05) is 19.7 Å². The summed E-state index contributed by atoms with van der Waals surface area (Å²) in [6.45, 7) is 4.81. The second-order valence-electron chi connectivity index (χ2n) is 7.47. The van der Waals surface area contributed by atoms with Gasteiger partial charge in [0, 0.05) is 24.6 Å². The van der Waals surface area contributed by atoms with E-state index in [9.17, 15) is 5.11 Å². The molecule has 0 radical (unpaired) electrons. The van der Waals surface area contributed by atoms with Gasteiger partial charge < -0.3 is 9.52 Å². The van der Waals surface area contributed by atoms with Crippen molar-refractivity contribution in [2.24, 2.45) is 5.92 Å². The molecule has 0 spiro atoms. The van der Waals surface area contributed by atoms with Crippen molar-refractivity contribution in [1.82, 2.24) is 9.88 Å². The van der Waals surface area contributed by atoms with Crippen LogP contribution in [0.15, 0.2) is 65.2 Å². The zero-order valence-electron chi connectivity index (χ0n) is 15.7. The SMILES string of the molecule is Cc1ccc(-c2cnc(CN3CC[C@@H](c4ccccc4)[C@@H](CO)C3)o2)cc1. The van der Waals surface area contributed by atoms with Crippen molar-refractivity contribution in [2.45, 2.75) is 25.8 Å². The van der Waals surface area contributed by atoms with E-state index in [-0.39, 0.29) is 12.5 Å². The molecule has 1 saturated heterocycles. The average molecular weight is 362 g/mol. The van der Waals surface area contributed by atoms with E-state index in [4.69, 9.17) is 4.42 Å². The summed E-state index contributed by atoms with van der Waals surface area (Å²) in [5.74, 6) is 2.20. The molecule has 4 heteroatoms. The van der Waals surface area contributed by atoms with Crippen molar-refractivity contribution in [3.8, 4) is 11.3 Å². The summed E-state index contributed by atoms with van der Waals surface area (Å²) in [5.41, 5.74) is 3.61. The molecule has 1 fully saturated rings. The Kier molecular flexibility index (Phi) is 5.37. The van der Waals surface area contributed by atoms with Gasteiger partial charge in [0.15, 0.2) is 5.76 Å². The van der Waals surface area contributed by atoms with Gasteiger partial charge in [0.25, 0.3) is 0 Å². The van der Waals surface area contributed by atoms with Gasteiger partial charge in [-0.25, -0.2) is 4.98 Å². The summed E-state index contributed by atoms with van der Waals surface area (Å²) in [4.78, 5) is 6.80. The molecule has 2 heterocycles. The van der Waals surface area contributed by atoms with Crippen molar-refractivity contribution >= 4 is 0 Å². The minimum Gasteiger partial charge on any atom is -0.439 e. The summed E-state index contributed by atoms with van der Waals surface area (Å²) in [7, 11) is 0. The Balaban J connectivity index is 1.41. The fourth-order valence-corrected chi connectivity index (χ4v) is 4.00. The molecule has 2 atom stereocenters. The Morgan fingerprint density at radius 1 is 1.11 bits per heavy atom. The van der Waals surface area contributed by atoms with Crippen molar-refractivity contribution in [3.63, 3.8) is 0 Å². The molecule has 1 N–H and O–H groups in total. The van der Waals surface area contributed by atoms with Crippen LogP contribution in [0, 0.1) is 12.8 Å². The van der Waals surface area contributed by atoms with Gasteiger partial charge in [0.1, 0.15) is 0 Å². The van der Waals surface area contributed by atoms with Gasteiger partial charge in [-0.1, -0.05) is 60.2 Å². The molecule has 4 rings (SSSR count). The van der Waals surface area contributed by atoms with Gasteiger partial charge in [0.05, 0.1) is 12.7 Å². The highest BCUT2D eigenvalue weighted by Gasteiger charge is 2.30. The standard InChI is InChI=1S/C23H26N2O2/c1-17-7-9-19(10-8-17)22-13-24-23(27-22)15-25-12-11-21(20(14-25)16-26)18-5-3-2-4-6-18/h2-10,13,20-21,26H,11-12,14-16H2,1H3/t20-,21+/m1/s1. The molecule has 1 aliphatic rings. The van der Waals surface area contributed by atoms with E-state index in [1.807, 2.05) is 6.07 Å². The lowest BCUT2D eigenvalue weighted by atomic mass is 9.81. The van der Waals surface area contributed by atoms with E-state index in [1.165, 1.54) is 11.1 Å².